The van der Waals surface area contributed by atoms with Gasteiger partial charge in [-0.15, -0.1) is 0 Å². The van der Waals surface area contributed by atoms with Crippen molar-refractivity contribution in [3.8, 4) is 44.6 Å². The second-order valence-electron chi connectivity index (χ2n) is 19.1. The van der Waals surface area contributed by atoms with Crippen molar-refractivity contribution in [3.63, 3.8) is 0 Å². The van der Waals surface area contributed by atoms with E-state index in [9.17, 15) is 0 Å². The highest BCUT2D eigenvalue weighted by atomic mass is 16.3. The Bertz CT molecular complexity index is 4480. The normalized spacial score (nSPS) is 11.2. The Morgan fingerprint density at radius 3 is 1.50 bits per heavy atom. The molecule has 0 atom stereocenters. The van der Waals surface area contributed by atoms with E-state index in [2.05, 4.69) is 138 Å². The van der Waals surface area contributed by atoms with Gasteiger partial charge in [-0.2, -0.15) is 0 Å². The number of fused-ring (bicyclic) bond motifs is 12. The molecule has 8 heterocycles. The molecule has 0 amide bonds. The summed E-state index contributed by atoms with van der Waals surface area (Å²) in [4.78, 5) is 17.5. The van der Waals surface area contributed by atoms with Gasteiger partial charge < -0.3 is 17.7 Å². The molecule has 0 aliphatic carbocycles. The monoisotopic (exact) mass is 1010 g/mol. The molecule has 0 fully saturated rings. The number of aryl methyl sites for hydroxylation is 2. The van der Waals surface area contributed by atoms with Crippen LogP contribution in [0.25, 0.3) is 133 Å². The van der Waals surface area contributed by atoms with Gasteiger partial charge in [0.05, 0.1) is 11.9 Å². The number of pyridine rings is 4. The van der Waals surface area contributed by atoms with Crippen LogP contribution in [0.4, 0.5) is 0 Å². The van der Waals surface area contributed by atoms with Crippen LogP contribution in [-0.4, -0.2) is 19.9 Å². The highest BCUT2D eigenvalue weighted by molar-refractivity contribution is 6.07. The molecule has 78 heavy (non-hydrogen) atoms. The van der Waals surface area contributed by atoms with Gasteiger partial charge in [-0.3, -0.25) is 4.98 Å². The Hall–Kier alpha value is -10.4. The van der Waals surface area contributed by atoms with Gasteiger partial charge in [0.2, 0.25) is 11.4 Å². The Morgan fingerprint density at radius 2 is 0.795 bits per heavy atom. The molecule has 0 spiro atoms. The summed E-state index contributed by atoms with van der Waals surface area (Å²) in [5, 5.41) is 7.69. The summed E-state index contributed by atoms with van der Waals surface area (Å²) in [6.07, 6.45) is 7.19. The second kappa shape index (κ2) is 20.7. The van der Waals surface area contributed by atoms with Gasteiger partial charge in [0.1, 0.15) is 27.8 Å². The Labute approximate surface area is 448 Å². The van der Waals surface area contributed by atoms with Crippen LogP contribution in [0.1, 0.15) is 11.1 Å². The van der Waals surface area contributed by atoms with Gasteiger partial charge in [0.15, 0.2) is 11.2 Å². The molecule has 0 radical (unpaired) electrons. The molecule has 8 nitrogen and oxygen atoms in total. The van der Waals surface area contributed by atoms with Crippen LogP contribution in [0.2, 0.25) is 0 Å². The van der Waals surface area contributed by atoms with Gasteiger partial charge in [-0.05, 0) is 121 Å². The molecule has 16 rings (SSSR count). The van der Waals surface area contributed by atoms with Crippen molar-refractivity contribution >= 4 is 88.1 Å². The minimum Gasteiger partial charge on any atom is -0.454 e. The number of para-hydroxylation sites is 2. The topological polar surface area (TPSA) is 104 Å². The third-order valence-corrected chi connectivity index (χ3v) is 13.9. The summed E-state index contributed by atoms with van der Waals surface area (Å²) in [6.45, 7) is 4.22. The van der Waals surface area contributed by atoms with Gasteiger partial charge in [0, 0.05) is 67.4 Å². The van der Waals surface area contributed by atoms with Crippen LogP contribution in [0.5, 0.6) is 0 Å². The number of nitrogens with zero attached hydrogens (tertiary/aromatic N) is 4. The third kappa shape index (κ3) is 9.50. The lowest BCUT2D eigenvalue weighted by atomic mass is 10.0. The number of benzene rings is 8. The average molecular weight is 1010 g/mol. The van der Waals surface area contributed by atoms with Crippen molar-refractivity contribution in [1.82, 2.24) is 19.9 Å². The fraction of sp³-hybridized carbons (Fsp3) is 0.0286. The van der Waals surface area contributed by atoms with Crippen molar-refractivity contribution in [1.29, 1.82) is 0 Å². The summed E-state index contributed by atoms with van der Waals surface area (Å²) in [5.41, 5.74) is 19.3. The van der Waals surface area contributed by atoms with Crippen LogP contribution < -0.4 is 0 Å². The van der Waals surface area contributed by atoms with E-state index in [1.165, 1.54) is 38.9 Å². The number of hydrogen-bond donors (Lipinski definition) is 0. The average Bonchev–Trinajstić information content (AvgIpc) is 4.29. The lowest BCUT2D eigenvalue weighted by molar-refractivity contribution is 0.653. The fourth-order valence-corrected chi connectivity index (χ4v) is 10.0. The Morgan fingerprint density at radius 1 is 0.282 bits per heavy atom. The summed E-state index contributed by atoms with van der Waals surface area (Å²) < 4.78 is 23.1. The zero-order chi connectivity index (χ0) is 52.4. The molecule has 372 valence electrons. The van der Waals surface area contributed by atoms with Crippen molar-refractivity contribution in [2.24, 2.45) is 0 Å². The highest BCUT2D eigenvalue weighted by Gasteiger charge is 2.13. The minimum absolute atomic E-state index is 0.695. The molecule has 8 aromatic carbocycles. The molecule has 0 N–H and O–H groups in total. The minimum atomic E-state index is 0.695. The maximum atomic E-state index is 5.80. The zero-order valence-corrected chi connectivity index (χ0v) is 42.7. The van der Waals surface area contributed by atoms with Gasteiger partial charge in [-0.1, -0.05) is 163 Å². The van der Waals surface area contributed by atoms with E-state index in [1.54, 1.807) is 18.6 Å². The van der Waals surface area contributed by atoms with E-state index >= 15 is 0 Å². The maximum absolute atomic E-state index is 5.80. The molecule has 8 heteroatoms. The molecule has 0 saturated heterocycles. The zero-order valence-electron chi connectivity index (χ0n) is 42.7. The van der Waals surface area contributed by atoms with Gasteiger partial charge in [-0.25, -0.2) is 15.0 Å². The molecule has 0 aliphatic rings. The lowest BCUT2D eigenvalue weighted by Crippen LogP contribution is -1.82. The number of furan rings is 4. The van der Waals surface area contributed by atoms with Crippen molar-refractivity contribution < 1.29 is 17.7 Å². The molecular weight excluding hydrogens is 961 g/mol. The van der Waals surface area contributed by atoms with Crippen molar-refractivity contribution in [3.05, 3.63) is 266 Å². The molecule has 0 bridgehead atoms. The molecule has 0 saturated carbocycles. The molecule has 16 aromatic rings. The quantitative estimate of drug-likeness (QED) is 0.172. The summed E-state index contributed by atoms with van der Waals surface area (Å²) in [5.74, 6) is 0. The van der Waals surface area contributed by atoms with E-state index in [0.717, 1.165) is 93.5 Å². The predicted molar refractivity (Wildman–Crippen MR) is 317 cm³/mol. The first-order valence-electron chi connectivity index (χ1n) is 25.8. The fourth-order valence-electron chi connectivity index (χ4n) is 10.0. The largest absolute Gasteiger partial charge is 0.454 e. The van der Waals surface area contributed by atoms with Crippen LogP contribution in [-0.2, 0) is 0 Å². The van der Waals surface area contributed by atoms with Gasteiger partial charge >= 0.3 is 0 Å². The Balaban J connectivity index is 0.0000000989. The standard InChI is InChI=1S/2C18H13NO.2C17H11NO/c1-12-4-2-5-13(10-12)14-7-8-17-16(11-14)15-6-3-9-19-18(15)20-17;1-12-3-2-4-13(9-12)14-5-6-17-16(10-14)15-7-8-19-11-18(15)20-17;1-2-6-12(7-3-1)13-10-15-14-8-4-5-9-16(14)19-17(15)18-11-13;1-2-6-12(7-3-1)14-10-11-16-17(18-14)13-8-4-5-9-15(13)19-16/h2*2-11H,1H3;2*1-11H. The van der Waals surface area contributed by atoms with E-state index < -0.39 is 0 Å². The first-order valence-corrected chi connectivity index (χ1v) is 25.8. The number of rotatable bonds is 4. The second-order valence-corrected chi connectivity index (χ2v) is 19.1. The van der Waals surface area contributed by atoms with Gasteiger partial charge in [0.25, 0.3) is 0 Å². The first kappa shape index (κ1) is 47.3. The maximum Gasteiger partial charge on any atom is 0.227 e. The summed E-state index contributed by atoms with van der Waals surface area (Å²) in [7, 11) is 0. The number of hydrogen-bond acceptors (Lipinski definition) is 8. The molecule has 0 aliphatic heterocycles. The molecular formula is C70H48N4O4. The lowest BCUT2D eigenvalue weighted by Gasteiger charge is -2.03. The van der Waals surface area contributed by atoms with Crippen molar-refractivity contribution in [2.45, 2.75) is 13.8 Å². The first-order chi connectivity index (χ1) is 38.5. The van der Waals surface area contributed by atoms with E-state index in [1.807, 2.05) is 128 Å². The van der Waals surface area contributed by atoms with E-state index in [4.69, 9.17) is 22.7 Å². The van der Waals surface area contributed by atoms with Crippen molar-refractivity contribution in [2.75, 3.05) is 0 Å². The predicted octanol–water partition coefficient (Wildman–Crippen LogP) is 19.2. The summed E-state index contributed by atoms with van der Waals surface area (Å²) in [6, 6.07) is 78.3. The number of aromatic nitrogens is 4. The Kier molecular flexibility index (Phi) is 12.5. The molecule has 8 aromatic heterocycles. The van der Waals surface area contributed by atoms with Crippen LogP contribution >= 0.6 is 0 Å². The van der Waals surface area contributed by atoms with Crippen LogP contribution in [0, 0.1) is 13.8 Å². The SMILES string of the molecule is Cc1cccc(-c2ccc3oc4cnccc4c3c2)c1.Cc1cccc(-c2ccc3oc4ncccc4c3c2)c1.c1ccc(-c2ccc3oc4ccccc4c3n2)cc1.c1ccc(-c2cnc3oc4ccccc4c3c2)cc1. The summed E-state index contributed by atoms with van der Waals surface area (Å²) >= 11 is 0. The third-order valence-electron chi connectivity index (χ3n) is 13.9. The molecule has 0 unspecified atom stereocenters. The van der Waals surface area contributed by atoms with E-state index in [-0.39, 0.29) is 0 Å². The highest BCUT2D eigenvalue weighted by Crippen LogP contribution is 2.35. The smallest absolute Gasteiger partial charge is 0.227 e. The van der Waals surface area contributed by atoms with Crippen LogP contribution in [0.3, 0.4) is 0 Å². The van der Waals surface area contributed by atoms with E-state index in [0.29, 0.717) is 11.4 Å². The van der Waals surface area contributed by atoms with Crippen LogP contribution in [0.15, 0.2) is 273 Å².